The van der Waals surface area contributed by atoms with Crippen LogP contribution < -0.4 is 10.6 Å². The molecule has 1 aromatic carbocycles. The largest absolute Gasteiger partial charge is 0.480 e. The highest BCUT2D eigenvalue weighted by atomic mass is 16.4. The summed E-state index contributed by atoms with van der Waals surface area (Å²) in [4.78, 5) is 25.2. The molecule has 1 aliphatic carbocycles. The van der Waals surface area contributed by atoms with Crippen LogP contribution in [0.1, 0.15) is 25.3 Å². The second kappa shape index (κ2) is 8.43. The smallest absolute Gasteiger partial charge is 0.320 e. The van der Waals surface area contributed by atoms with Crippen LogP contribution in [0.5, 0.6) is 0 Å². The number of carbonyl (C=O) groups excluding carboxylic acids is 1. The molecule has 0 atom stereocenters. The number of amides is 2. The number of aromatic nitrogens is 2. The standard InChI is InChI=1S/C20H27N5O3/c1-4-25(12-19(26)27)15-9-14(10-15)21-20(28)22-18-11-17(23-24(18)3)16-8-6-5-7-13(16)2/h5-8,11,14-15H,4,9-10,12H2,1-3H3,(H,26,27)(H2,21,22,28). The molecule has 1 saturated carbocycles. The van der Waals surface area contributed by atoms with E-state index in [1.807, 2.05) is 49.1 Å². The quantitative estimate of drug-likeness (QED) is 0.680. The molecule has 8 nitrogen and oxygen atoms in total. The molecule has 8 heteroatoms. The molecule has 1 aromatic heterocycles. The van der Waals surface area contributed by atoms with Gasteiger partial charge in [0.25, 0.3) is 0 Å². The molecule has 0 spiro atoms. The lowest BCUT2D eigenvalue weighted by molar-refractivity contribution is -0.139. The lowest BCUT2D eigenvalue weighted by Crippen LogP contribution is -2.55. The monoisotopic (exact) mass is 385 g/mol. The maximum absolute atomic E-state index is 12.3. The van der Waals surface area contributed by atoms with Gasteiger partial charge in [-0.15, -0.1) is 0 Å². The highest BCUT2D eigenvalue weighted by molar-refractivity contribution is 5.89. The molecule has 0 unspecified atom stereocenters. The van der Waals surface area contributed by atoms with Crippen molar-refractivity contribution in [1.29, 1.82) is 0 Å². The van der Waals surface area contributed by atoms with Crippen molar-refractivity contribution in [3.63, 3.8) is 0 Å². The Bertz CT molecular complexity index is 857. The normalized spacial score (nSPS) is 18.6. The van der Waals surface area contributed by atoms with Crippen molar-refractivity contribution in [3.05, 3.63) is 35.9 Å². The maximum Gasteiger partial charge on any atom is 0.320 e. The lowest BCUT2D eigenvalue weighted by atomic mass is 9.85. The van der Waals surface area contributed by atoms with Gasteiger partial charge in [0.2, 0.25) is 0 Å². The number of urea groups is 1. The Hall–Kier alpha value is -2.87. The molecule has 0 aliphatic heterocycles. The average molecular weight is 385 g/mol. The number of anilines is 1. The highest BCUT2D eigenvalue weighted by Gasteiger charge is 2.34. The van der Waals surface area contributed by atoms with Crippen LogP contribution in [0.2, 0.25) is 0 Å². The fourth-order valence-electron chi connectivity index (χ4n) is 3.59. The molecule has 1 aliphatic rings. The third-order valence-corrected chi connectivity index (χ3v) is 5.25. The predicted octanol–water partition coefficient (Wildman–Crippen LogP) is 2.45. The van der Waals surface area contributed by atoms with E-state index in [2.05, 4.69) is 15.7 Å². The second-order valence-corrected chi connectivity index (χ2v) is 7.23. The van der Waals surface area contributed by atoms with Gasteiger partial charge in [0, 0.05) is 30.8 Å². The number of nitrogens with one attached hydrogen (secondary N) is 2. The SMILES string of the molecule is CCN(CC(=O)O)C1CC(NC(=O)Nc2cc(-c3ccccc3C)nn2C)C1. The van der Waals surface area contributed by atoms with E-state index in [9.17, 15) is 9.59 Å². The summed E-state index contributed by atoms with van der Waals surface area (Å²) >= 11 is 0. The number of hydrogen-bond donors (Lipinski definition) is 3. The van der Waals surface area contributed by atoms with Crippen LogP contribution in [-0.4, -0.2) is 57.0 Å². The van der Waals surface area contributed by atoms with Gasteiger partial charge in [0.05, 0.1) is 12.2 Å². The molecular formula is C20H27N5O3. The minimum absolute atomic E-state index is 0.0385. The Balaban J connectivity index is 1.54. The number of rotatable bonds is 7. The van der Waals surface area contributed by atoms with Gasteiger partial charge >= 0.3 is 12.0 Å². The Labute approximate surface area is 164 Å². The zero-order chi connectivity index (χ0) is 20.3. The first-order valence-electron chi connectivity index (χ1n) is 9.50. The molecule has 150 valence electrons. The predicted molar refractivity (Wildman–Crippen MR) is 107 cm³/mol. The van der Waals surface area contributed by atoms with E-state index in [1.54, 1.807) is 11.7 Å². The average Bonchev–Trinajstić information content (AvgIpc) is 2.96. The van der Waals surface area contributed by atoms with Crippen molar-refractivity contribution in [1.82, 2.24) is 20.0 Å². The van der Waals surface area contributed by atoms with Crippen LogP contribution in [0, 0.1) is 6.92 Å². The summed E-state index contributed by atoms with van der Waals surface area (Å²) in [5.41, 5.74) is 2.97. The van der Waals surface area contributed by atoms with E-state index in [0.717, 1.165) is 29.7 Å². The fraction of sp³-hybridized carbons (Fsp3) is 0.450. The van der Waals surface area contributed by atoms with Gasteiger partial charge in [-0.1, -0.05) is 31.2 Å². The molecule has 0 radical (unpaired) electrons. The summed E-state index contributed by atoms with van der Waals surface area (Å²) in [6, 6.07) is 9.83. The molecule has 1 heterocycles. The highest BCUT2D eigenvalue weighted by Crippen LogP contribution is 2.26. The van der Waals surface area contributed by atoms with Gasteiger partial charge in [-0.25, -0.2) is 4.79 Å². The Morgan fingerprint density at radius 2 is 2.04 bits per heavy atom. The number of carbonyl (C=O) groups is 2. The molecule has 3 N–H and O–H groups in total. The van der Waals surface area contributed by atoms with E-state index < -0.39 is 5.97 Å². The van der Waals surface area contributed by atoms with Gasteiger partial charge in [0.15, 0.2) is 0 Å². The van der Waals surface area contributed by atoms with Crippen molar-refractivity contribution >= 4 is 17.8 Å². The molecule has 1 fully saturated rings. The van der Waals surface area contributed by atoms with Gasteiger partial charge in [0.1, 0.15) is 5.82 Å². The van der Waals surface area contributed by atoms with Crippen LogP contribution in [-0.2, 0) is 11.8 Å². The van der Waals surface area contributed by atoms with Gasteiger partial charge in [-0.05, 0) is 31.9 Å². The number of likely N-dealkylation sites (N-methyl/N-ethyl adjacent to an activating group) is 1. The van der Waals surface area contributed by atoms with E-state index in [1.165, 1.54) is 0 Å². The number of benzene rings is 1. The van der Waals surface area contributed by atoms with Crippen molar-refractivity contribution in [2.75, 3.05) is 18.4 Å². The van der Waals surface area contributed by atoms with E-state index in [4.69, 9.17) is 5.11 Å². The van der Waals surface area contributed by atoms with Crippen molar-refractivity contribution in [3.8, 4) is 11.3 Å². The summed E-state index contributed by atoms with van der Waals surface area (Å²) < 4.78 is 1.65. The van der Waals surface area contributed by atoms with Gasteiger partial charge < -0.3 is 10.4 Å². The summed E-state index contributed by atoms with van der Waals surface area (Å²) in [5.74, 6) is -0.204. The third kappa shape index (κ3) is 4.51. The molecule has 2 aromatic rings. The zero-order valence-corrected chi connectivity index (χ0v) is 16.5. The molecule has 3 rings (SSSR count). The first kappa shape index (κ1) is 19.9. The van der Waals surface area contributed by atoms with E-state index in [-0.39, 0.29) is 24.7 Å². The Kier molecular flexibility index (Phi) is 5.99. The van der Waals surface area contributed by atoms with Crippen LogP contribution in [0.4, 0.5) is 10.6 Å². The minimum Gasteiger partial charge on any atom is -0.480 e. The second-order valence-electron chi connectivity index (χ2n) is 7.23. The number of aliphatic carboxylic acids is 1. The van der Waals surface area contributed by atoms with Crippen molar-refractivity contribution in [2.45, 2.75) is 38.8 Å². The molecule has 0 bridgehead atoms. The van der Waals surface area contributed by atoms with Crippen LogP contribution in [0.25, 0.3) is 11.3 Å². The number of nitrogens with zero attached hydrogens (tertiary/aromatic N) is 3. The number of carboxylic acids is 1. The minimum atomic E-state index is -0.823. The van der Waals surface area contributed by atoms with Crippen LogP contribution in [0.3, 0.4) is 0 Å². The van der Waals surface area contributed by atoms with Gasteiger partial charge in [-0.3, -0.25) is 19.7 Å². The summed E-state index contributed by atoms with van der Waals surface area (Å²) in [7, 11) is 1.79. The van der Waals surface area contributed by atoms with Gasteiger partial charge in [-0.2, -0.15) is 5.10 Å². The van der Waals surface area contributed by atoms with E-state index in [0.29, 0.717) is 12.4 Å². The maximum atomic E-state index is 12.3. The molecular weight excluding hydrogens is 358 g/mol. The summed E-state index contributed by atoms with van der Waals surface area (Å²) in [6.45, 7) is 4.70. The van der Waals surface area contributed by atoms with Crippen molar-refractivity contribution < 1.29 is 14.7 Å². The number of aryl methyl sites for hydroxylation is 2. The third-order valence-electron chi connectivity index (χ3n) is 5.25. The zero-order valence-electron chi connectivity index (χ0n) is 16.5. The molecule has 0 saturated heterocycles. The molecule has 2 amide bonds. The summed E-state index contributed by atoms with van der Waals surface area (Å²) in [5, 5.41) is 19.3. The number of carboxylic acid groups (broad SMARTS) is 1. The number of hydrogen-bond acceptors (Lipinski definition) is 4. The fourth-order valence-corrected chi connectivity index (χ4v) is 3.59. The topological polar surface area (TPSA) is 99.5 Å². The first-order valence-corrected chi connectivity index (χ1v) is 9.50. The Morgan fingerprint density at radius 1 is 1.32 bits per heavy atom. The lowest BCUT2D eigenvalue weighted by Gasteiger charge is -2.42. The summed E-state index contributed by atoms with van der Waals surface area (Å²) in [6.07, 6.45) is 1.52. The van der Waals surface area contributed by atoms with Crippen LogP contribution in [0.15, 0.2) is 30.3 Å². The Morgan fingerprint density at radius 3 is 2.68 bits per heavy atom. The molecule has 28 heavy (non-hydrogen) atoms. The first-order chi connectivity index (χ1) is 13.4. The van der Waals surface area contributed by atoms with Crippen LogP contribution >= 0.6 is 0 Å². The van der Waals surface area contributed by atoms with Crippen molar-refractivity contribution in [2.24, 2.45) is 7.05 Å². The van der Waals surface area contributed by atoms with E-state index >= 15 is 0 Å².